The zero-order valence-corrected chi connectivity index (χ0v) is 9.98. The summed E-state index contributed by atoms with van der Waals surface area (Å²) in [5.41, 5.74) is 2.51. The molecule has 1 nitrogen and oxygen atoms in total. The summed E-state index contributed by atoms with van der Waals surface area (Å²) in [4.78, 5) is 0. The lowest BCUT2D eigenvalue weighted by Crippen LogP contribution is -2.11. The van der Waals surface area contributed by atoms with Gasteiger partial charge in [0.2, 0.25) is 0 Å². The van der Waals surface area contributed by atoms with Crippen molar-refractivity contribution in [1.29, 1.82) is 0 Å². The maximum atomic E-state index is 6.12. The van der Waals surface area contributed by atoms with Crippen molar-refractivity contribution in [2.24, 2.45) is 0 Å². The highest BCUT2D eigenvalue weighted by Crippen LogP contribution is 2.30. The van der Waals surface area contributed by atoms with Crippen molar-refractivity contribution in [3.63, 3.8) is 0 Å². The number of benzene rings is 1. The van der Waals surface area contributed by atoms with Gasteiger partial charge in [-0.2, -0.15) is 0 Å². The number of halogens is 3. The second kappa shape index (κ2) is 5.22. The molecule has 0 saturated carbocycles. The predicted octanol–water partition coefficient (Wildman–Crippen LogP) is 3.45. The molecule has 2 rings (SSSR count). The monoisotopic (exact) mass is 251 g/mol. The molecule has 0 fully saturated rings. The molecule has 0 saturated heterocycles. The van der Waals surface area contributed by atoms with Crippen molar-refractivity contribution in [3.05, 3.63) is 33.3 Å². The van der Waals surface area contributed by atoms with Crippen LogP contribution < -0.4 is 5.32 Å². The van der Waals surface area contributed by atoms with E-state index in [-0.39, 0.29) is 12.4 Å². The van der Waals surface area contributed by atoms with E-state index < -0.39 is 0 Å². The first-order valence-electron chi connectivity index (χ1n) is 4.45. The van der Waals surface area contributed by atoms with Crippen LogP contribution in [0.4, 0.5) is 0 Å². The Morgan fingerprint density at radius 2 is 2.00 bits per heavy atom. The summed E-state index contributed by atoms with van der Waals surface area (Å²) >= 11 is 12.1. The Kier molecular flexibility index (Phi) is 4.52. The van der Waals surface area contributed by atoms with Crippen LogP contribution in [0.1, 0.15) is 17.5 Å². The molecular weight excluding hydrogens is 240 g/mol. The fraction of sp³-hybridized carbons (Fsp3) is 0.400. The standard InChI is InChI=1S/C10H11Cl2N.ClH/c11-9-4-3-7-6-13-5-1-2-8(7)10(9)12;/h3-4,13H,1-2,5-6H2;1H. The van der Waals surface area contributed by atoms with Crippen LogP contribution in [0.15, 0.2) is 12.1 Å². The third-order valence-corrected chi connectivity index (χ3v) is 3.23. The molecule has 1 aromatic carbocycles. The number of hydrogen-bond donors (Lipinski definition) is 1. The van der Waals surface area contributed by atoms with Crippen molar-refractivity contribution >= 4 is 35.6 Å². The number of fused-ring (bicyclic) bond motifs is 1. The largest absolute Gasteiger partial charge is 0.313 e. The molecule has 1 heterocycles. The number of rotatable bonds is 0. The molecular formula is C10H12Cl3N. The van der Waals surface area contributed by atoms with Crippen molar-refractivity contribution in [2.45, 2.75) is 19.4 Å². The molecule has 0 bridgehead atoms. The van der Waals surface area contributed by atoms with E-state index in [1.807, 2.05) is 6.07 Å². The molecule has 1 aliphatic heterocycles. The van der Waals surface area contributed by atoms with E-state index in [0.717, 1.165) is 31.0 Å². The fourth-order valence-electron chi connectivity index (χ4n) is 1.68. The number of hydrogen-bond acceptors (Lipinski definition) is 1. The van der Waals surface area contributed by atoms with Crippen molar-refractivity contribution in [3.8, 4) is 0 Å². The van der Waals surface area contributed by atoms with Gasteiger partial charge in [-0.25, -0.2) is 0 Å². The van der Waals surface area contributed by atoms with Crippen LogP contribution >= 0.6 is 35.6 Å². The average molecular weight is 253 g/mol. The summed E-state index contributed by atoms with van der Waals surface area (Å²) in [6.07, 6.45) is 2.16. The van der Waals surface area contributed by atoms with Gasteiger partial charge in [-0.3, -0.25) is 0 Å². The third kappa shape index (κ3) is 2.34. The molecule has 1 aromatic rings. The van der Waals surface area contributed by atoms with E-state index in [1.165, 1.54) is 11.1 Å². The van der Waals surface area contributed by atoms with Gasteiger partial charge in [0.25, 0.3) is 0 Å². The second-order valence-electron chi connectivity index (χ2n) is 3.28. The first-order valence-corrected chi connectivity index (χ1v) is 5.21. The lowest BCUT2D eigenvalue weighted by atomic mass is 10.0. The van der Waals surface area contributed by atoms with Crippen LogP contribution in [0.3, 0.4) is 0 Å². The lowest BCUT2D eigenvalue weighted by Gasteiger charge is -2.08. The van der Waals surface area contributed by atoms with Crippen LogP contribution in [0, 0.1) is 0 Å². The minimum absolute atomic E-state index is 0. The minimum Gasteiger partial charge on any atom is -0.313 e. The van der Waals surface area contributed by atoms with Gasteiger partial charge in [-0.1, -0.05) is 29.3 Å². The summed E-state index contributed by atoms with van der Waals surface area (Å²) in [5, 5.41) is 4.76. The molecule has 4 heteroatoms. The summed E-state index contributed by atoms with van der Waals surface area (Å²) in [6, 6.07) is 3.93. The minimum atomic E-state index is 0. The predicted molar refractivity (Wildman–Crippen MR) is 63.7 cm³/mol. The molecule has 0 aliphatic carbocycles. The highest BCUT2D eigenvalue weighted by atomic mass is 35.5. The Morgan fingerprint density at radius 1 is 1.21 bits per heavy atom. The highest BCUT2D eigenvalue weighted by molar-refractivity contribution is 6.42. The molecule has 14 heavy (non-hydrogen) atoms. The third-order valence-electron chi connectivity index (χ3n) is 2.39. The Bertz CT molecular complexity index is 325. The van der Waals surface area contributed by atoms with Crippen LogP contribution in [-0.4, -0.2) is 6.54 Å². The van der Waals surface area contributed by atoms with E-state index in [4.69, 9.17) is 23.2 Å². The Morgan fingerprint density at radius 3 is 2.79 bits per heavy atom. The Hall–Kier alpha value is 0.0500. The maximum Gasteiger partial charge on any atom is 0.0627 e. The molecule has 0 amide bonds. The van der Waals surface area contributed by atoms with Gasteiger partial charge in [0.1, 0.15) is 0 Å². The smallest absolute Gasteiger partial charge is 0.0627 e. The molecule has 0 unspecified atom stereocenters. The average Bonchev–Trinajstić information content (AvgIpc) is 2.36. The van der Waals surface area contributed by atoms with Crippen LogP contribution in [0.5, 0.6) is 0 Å². The van der Waals surface area contributed by atoms with E-state index in [9.17, 15) is 0 Å². The molecule has 1 N–H and O–H groups in total. The molecule has 0 aromatic heterocycles. The van der Waals surface area contributed by atoms with Crippen molar-refractivity contribution < 1.29 is 0 Å². The number of nitrogens with one attached hydrogen (secondary N) is 1. The molecule has 1 aliphatic rings. The molecule has 0 radical (unpaired) electrons. The Balaban J connectivity index is 0.000000980. The SMILES string of the molecule is Cl.Clc1ccc2c(c1Cl)CCCNC2. The fourth-order valence-corrected chi connectivity index (χ4v) is 2.14. The molecule has 0 spiro atoms. The second-order valence-corrected chi connectivity index (χ2v) is 4.06. The van der Waals surface area contributed by atoms with Crippen LogP contribution in [0.25, 0.3) is 0 Å². The van der Waals surface area contributed by atoms with Gasteiger partial charge < -0.3 is 5.32 Å². The van der Waals surface area contributed by atoms with Gasteiger partial charge in [-0.15, -0.1) is 12.4 Å². The van der Waals surface area contributed by atoms with Crippen molar-refractivity contribution in [2.75, 3.05) is 6.54 Å². The van der Waals surface area contributed by atoms with Gasteiger partial charge in [0, 0.05) is 6.54 Å². The summed E-state index contributed by atoms with van der Waals surface area (Å²) < 4.78 is 0. The van der Waals surface area contributed by atoms with E-state index in [2.05, 4.69) is 11.4 Å². The maximum absolute atomic E-state index is 6.12. The summed E-state index contributed by atoms with van der Waals surface area (Å²) in [7, 11) is 0. The lowest BCUT2D eigenvalue weighted by molar-refractivity contribution is 0.681. The van der Waals surface area contributed by atoms with Crippen molar-refractivity contribution in [1.82, 2.24) is 5.32 Å². The van der Waals surface area contributed by atoms with E-state index >= 15 is 0 Å². The molecule has 78 valence electrons. The van der Waals surface area contributed by atoms with Crippen LogP contribution in [-0.2, 0) is 13.0 Å². The zero-order valence-electron chi connectivity index (χ0n) is 7.65. The van der Waals surface area contributed by atoms with Gasteiger partial charge >= 0.3 is 0 Å². The highest BCUT2D eigenvalue weighted by Gasteiger charge is 2.12. The van der Waals surface area contributed by atoms with Crippen LogP contribution in [0.2, 0.25) is 10.0 Å². The summed E-state index contributed by atoms with van der Waals surface area (Å²) in [5.74, 6) is 0. The normalized spacial score (nSPS) is 15.3. The van der Waals surface area contributed by atoms with Gasteiger partial charge in [0.05, 0.1) is 10.0 Å². The zero-order chi connectivity index (χ0) is 9.26. The quantitative estimate of drug-likeness (QED) is 0.746. The van der Waals surface area contributed by atoms with E-state index in [0.29, 0.717) is 5.02 Å². The topological polar surface area (TPSA) is 12.0 Å². The Labute approximate surface area is 100 Å². The first-order chi connectivity index (χ1) is 6.29. The first kappa shape index (κ1) is 12.1. The summed E-state index contributed by atoms with van der Waals surface area (Å²) in [6.45, 7) is 1.97. The van der Waals surface area contributed by atoms with Gasteiger partial charge in [0.15, 0.2) is 0 Å². The molecule has 0 atom stereocenters. The van der Waals surface area contributed by atoms with E-state index in [1.54, 1.807) is 0 Å². The van der Waals surface area contributed by atoms with Gasteiger partial charge in [-0.05, 0) is 36.6 Å².